The van der Waals surface area contributed by atoms with Crippen LogP contribution in [0, 0.1) is 6.92 Å². The van der Waals surface area contributed by atoms with Gasteiger partial charge in [0.25, 0.3) is 5.56 Å². The molecule has 6 nitrogen and oxygen atoms in total. The van der Waals surface area contributed by atoms with Gasteiger partial charge >= 0.3 is 0 Å². The van der Waals surface area contributed by atoms with Gasteiger partial charge in [-0.15, -0.1) is 0 Å². The summed E-state index contributed by atoms with van der Waals surface area (Å²) in [6.45, 7) is 2.53. The third-order valence-corrected chi connectivity index (χ3v) is 4.35. The smallest absolute Gasteiger partial charge is 0.293 e. The summed E-state index contributed by atoms with van der Waals surface area (Å²) in [5.74, 6) is 1.27. The van der Waals surface area contributed by atoms with Gasteiger partial charge in [0.2, 0.25) is 0 Å². The maximum absolute atomic E-state index is 12.4. The first-order chi connectivity index (χ1) is 11.1. The van der Waals surface area contributed by atoms with E-state index in [1.165, 1.54) is 5.56 Å². The van der Waals surface area contributed by atoms with Crippen molar-refractivity contribution >= 4 is 16.9 Å². The Bertz CT molecular complexity index is 936. The summed E-state index contributed by atoms with van der Waals surface area (Å²) < 4.78 is 3.82. The number of hydrogen-bond acceptors (Lipinski definition) is 4. The Morgan fingerprint density at radius 3 is 2.96 bits per heavy atom. The van der Waals surface area contributed by atoms with E-state index in [4.69, 9.17) is 0 Å². The number of nitrogens with one attached hydrogen (secondary N) is 1. The quantitative estimate of drug-likeness (QED) is 0.803. The Morgan fingerprint density at radius 1 is 1.35 bits per heavy atom. The first-order valence-corrected chi connectivity index (χ1v) is 7.86. The van der Waals surface area contributed by atoms with E-state index in [0.29, 0.717) is 18.4 Å². The van der Waals surface area contributed by atoms with E-state index in [-0.39, 0.29) is 5.56 Å². The Morgan fingerprint density at radius 2 is 2.17 bits per heavy atom. The van der Waals surface area contributed by atoms with Gasteiger partial charge in [0.1, 0.15) is 5.82 Å². The van der Waals surface area contributed by atoms with Crippen molar-refractivity contribution in [3.8, 4) is 0 Å². The number of imidazole rings is 1. The molecule has 0 radical (unpaired) electrons. The lowest BCUT2D eigenvalue weighted by Gasteiger charge is -2.08. The molecule has 23 heavy (non-hydrogen) atoms. The molecule has 1 aliphatic rings. The van der Waals surface area contributed by atoms with Crippen LogP contribution < -0.4 is 10.9 Å². The minimum absolute atomic E-state index is 0.0513. The second-order valence-corrected chi connectivity index (χ2v) is 6.15. The molecule has 1 saturated carbocycles. The van der Waals surface area contributed by atoms with E-state index in [9.17, 15) is 4.79 Å². The van der Waals surface area contributed by atoms with Gasteiger partial charge in [0.15, 0.2) is 5.82 Å². The SMILES string of the molecule is Cc1ccc2c(c1)nc(CNc1nccn(C3CC3)c1=O)n2C. The van der Waals surface area contributed by atoms with Crippen molar-refractivity contribution in [2.24, 2.45) is 7.05 Å². The minimum Gasteiger partial charge on any atom is -0.358 e. The molecule has 1 aliphatic carbocycles. The number of benzene rings is 1. The van der Waals surface area contributed by atoms with Crippen LogP contribution >= 0.6 is 0 Å². The second kappa shape index (κ2) is 5.22. The van der Waals surface area contributed by atoms with Crippen LogP contribution in [0.1, 0.15) is 30.3 Å². The van der Waals surface area contributed by atoms with Crippen LogP contribution in [0.2, 0.25) is 0 Å². The average Bonchev–Trinajstić information content (AvgIpc) is 3.32. The Labute approximate surface area is 133 Å². The molecule has 1 N–H and O–H groups in total. The summed E-state index contributed by atoms with van der Waals surface area (Å²) in [4.78, 5) is 21.2. The van der Waals surface area contributed by atoms with Gasteiger partial charge in [-0.25, -0.2) is 9.97 Å². The van der Waals surface area contributed by atoms with Gasteiger partial charge in [0, 0.05) is 25.5 Å². The lowest BCUT2D eigenvalue weighted by molar-refractivity contribution is 0.698. The molecule has 0 atom stereocenters. The fourth-order valence-electron chi connectivity index (χ4n) is 2.87. The normalized spacial score (nSPS) is 14.3. The Hall–Kier alpha value is -2.63. The van der Waals surface area contributed by atoms with Crippen LogP contribution in [0.15, 0.2) is 35.4 Å². The monoisotopic (exact) mass is 309 g/mol. The molecule has 0 bridgehead atoms. The molecule has 1 aromatic carbocycles. The number of nitrogens with zero attached hydrogens (tertiary/aromatic N) is 4. The van der Waals surface area contributed by atoms with Gasteiger partial charge in [0.05, 0.1) is 17.6 Å². The van der Waals surface area contributed by atoms with E-state index in [2.05, 4.69) is 40.4 Å². The summed E-state index contributed by atoms with van der Waals surface area (Å²) >= 11 is 0. The van der Waals surface area contributed by atoms with E-state index in [1.807, 2.05) is 11.6 Å². The van der Waals surface area contributed by atoms with Crippen molar-refractivity contribution in [2.75, 3.05) is 5.32 Å². The standard InChI is InChI=1S/C17H19N5O/c1-11-3-6-14-13(9-11)20-15(21(14)2)10-19-16-17(23)22(8-7-18-16)12-4-5-12/h3,6-9,12H,4-5,10H2,1-2H3,(H,18,19). The zero-order chi connectivity index (χ0) is 16.0. The molecule has 0 aliphatic heterocycles. The number of rotatable bonds is 4. The fourth-order valence-corrected chi connectivity index (χ4v) is 2.87. The third kappa shape index (κ3) is 2.50. The summed E-state index contributed by atoms with van der Waals surface area (Å²) in [6, 6.07) is 6.57. The van der Waals surface area contributed by atoms with Crippen molar-refractivity contribution in [3.63, 3.8) is 0 Å². The molecule has 0 spiro atoms. The van der Waals surface area contributed by atoms with Crippen molar-refractivity contribution < 1.29 is 0 Å². The first-order valence-electron chi connectivity index (χ1n) is 7.86. The molecule has 6 heteroatoms. The zero-order valence-electron chi connectivity index (χ0n) is 13.3. The van der Waals surface area contributed by atoms with Crippen LogP contribution in [-0.2, 0) is 13.6 Å². The summed E-state index contributed by atoms with van der Waals surface area (Å²) in [5, 5.41) is 3.14. The van der Waals surface area contributed by atoms with Crippen LogP contribution in [-0.4, -0.2) is 19.1 Å². The minimum atomic E-state index is -0.0513. The Balaban J connectivity index is 1.61. The number of anilines is 1. The molecule has 2 heterocycles. The molecular weight excluding hydrogens is 290 g/mol. The largest absolute Gasteiger partial charge is 0.358 e. The zero-order valence-corrected chi connectivity index (χ0v) is 13.3. The fraction of sp³-hybridized carbons (Fsp3) is 0.353. The summed E-state index contributed by atoms with van der Waals surface area (Å²) in [5.41, 5.74) is 3.20. The predicted molar refractivity (Wildman–Crippen MR) is 89.5 cm³/mol. The van der Waals surface area contributed by atoms with Gasteiger partial charge < -0.3 is 14.5 Å². The van der Waals surface area contributed by atoms with Gasteiger partial charge in [-0.1, -0.05) is 6.07 Å². The van der Waals surface area contributed by atoms with Crippen LogP contribution in [0.5, 0.6) is 0 Å². The number of hydrogen-bond donors (Lipinski definition) is 1. The molecule has 0 unspecified atom stereocenters. The lowest BCUT2D eigenvalue weighted by atomic mass is 10.2. The Kier molecular flexibility index (Phi) is 3.18. The summed E-state index contributed by atoms with van der Waals surface area (Å²) in [7, 11) is 1.99. The molecule has 1 fully saturated rings. The summed E-state index contributed by atoms with van der Waals surface area (Å²) in [6.07, 6.45) is 5.60. The van der Waals surface area contributed by atoms with E-state index in [1.54, 1.807) is 17.0 Å². The first kappa shape index (κ1) is 14.0. The average molecular weight is 309 g/mol. The van der Waals surface area contributed by atoms with Crippen molar-refractivity contribution in [1.29, 1.82) is 0 Å². The highest BCUT2D eigenvalue weighted by Gasteiger charge is 2.25. The van der Waals surface area contributed by atoms with E-state index >= 15 is 0 Å². The molecule has 118 valence electrons. The van der Waals surface area contributed by atoms with Crippen LogP contribution in [0.4, 0.5) is 5.82 Å². The highest BCUT2D eigenvalue weighted by Crippen LogP contribution is 2.33. The van der Waals surface area contributed by atoms with Crippen molar-refractivity contribution in [3.05, 3.63) is 52.3 Å². The van der Waals surface area contributed by atoms with Gasteiger partial charge in [-0.05, 0) is 37.5 Å². The van der Waals surface area contributed by atoms with Crippen LogP contribution in [0.3, 0.4) is 0 Å². The second-order valence-electron chi connectivity index (χ2n) is 6.15. The van der Waals surface area contributed by atoms with Crippen molar-refractivity contribution in [2.45, 2.75) is 32.4 Å². The number of fused-ring (bicyclic) bond motifs is 1. The molecular formula is C17H19N5O. The number of aromatic nitrogens is 4. The maximum atomic E-state index is 12.4. The van der Waals surface area contributed by atoms with Crippen molar-refractivity contribution in [1.82, 2.24) is 19.1 Å². The third-order valence-electron chi connectivity index (χ3n) is 4.35. The predicted octanol–water partition coefficient (Wildman–Crippen LogP) is 2.39. The molecule has 0 saturated heterocycles. The highest BCUT2D eigenvalue weighted by molar-refractivity contribution is 5.76. The van der Waals surface area contributed by atoms with Gasteiger partial charge in [-0.3, -0.25) is 4.79 Å². The molecule has 4 rings (SSSR count). The molecule has 2 aromatic heterocycles. The number of aryl methyl sites for hydroxylation is 2. The molecule has 3 aromatic rings. The van der Waals surface area contributed by atoms with Gasteiger partial charge in [-0.2, -0.15) is 0 Å². The van der Waals surface area contributed by atoms with E-state index in [0.717, 1.165) is 29.7 Å². The van der Waals surface area contributed by atoms with Crippen LogP contribution in [0.25, 0.3) is 11.0 Å². The molecule has 0 amide bonds. The topological polar surface area (TPSA) is 64.7 Å². The van der Waals surface area contributed by atoms with E-state index < -0.39 is 0 Å². The maximum Gasteiger partial charge on any atom is 0.293 e. The highest BCUT2D eigenvalue weighted by atomic mass is 16.1. The lowest BCUT2D eigenvalue weighted by Crippen LogP contribution is -2.24.